The Bertz CT molecular complexity index is 671. The van der Waals surface area contributed by atoms with E-state index in [4.69, 9.17) is 4.99 Å². The summed E-state index contributed by atoms with van der Waals surface area (Å²) in [6.07, 6.45) is 5.21. The predicted molar refractivity (Wildman–Crippen MR) is 105 cm³/mol. The van der Waals surface area contributed by atoms with E-state index in [0.717, 1.165) is 34.6 Å². The first kappa shape index (κ1) is 18.2. The Balaban J connectivity index is 1.82. The van der Waals surface area contributed by atoms with Gasteiger partial charge >= 0.3 is 0 Å². The monoisotopic (exact) mass is 361 g/mol. The molecular formula is C19H27N3O2S. The molecule has 1 aliphatic heterocycles. The van der Waals surface area contributed by atoms with E-state index >= 15 is 0 Å². The van der Waals surface area contributed by atoms with Crippen LogP contribution >= 0.6 is 11.8 Å². The number of amidine groups is 1. The second-order valence-electron chi connectivity index (χ2n) is 7.67. The van der Waals surface area contributed by atoms with Crippen LogP contribution in [0.3, 0.4) is 0 Å². The number of nitro benzene ring substituents is 1. The van der Waals surface area contributed by atoms with Gasteiger partial charge in [-0.05, 0) is 49.7 Å². The lowest BCUT2D eigenvalue weighted by Crippen LogP contribution is -2.40. The van der Waals surface area contributed by atoms with Gasteiger partial charge < -0.3 is 4.90 Å². The van der Waals surface area contributed by atoms with Crippen LogP contribution in [0.15, 0.2) is 23.2 Å². The molecule has 2 aliphatic rings. The second kappa shape index (κ2) is 7.77. The molecule has 5 nitrogen and oxygen atoms in total. The normalized spacial score (nSPS) is 22.6. The SMILES string of the molecule is Cc1cc([N+](=O)[O-])ccc1N=C1SC[C@H](CC(C)C)N1CC1CCC1. The number of benzene rings is 1. The third-order valence-electron chi connectivity index (χ3n) is 5.12. The molecule has 0 aromatic heterocycles. The molecule has 2 fully saturated rings. The molecule has 25 heavy (non-hydrogen) atoms. The fraction of sp³-hybridized carbons (Fsp3) is 0.632. The molecule has 1 aromatic rings. The summed E-state index contributed by atoms with van der Waals surface area (Å²) in [5, 5.41) is 12.0. The number of hydrogen-bond donors (Lipinski definition) is 0. The molecule has 0 spiro atoms. The molecule has 136 valence electrons. The molecule has 0 bridgehead atoms. The average Bonchev–Trinajstić information content (AvgIpc) is 2.86. The topological polar surface area (TPSA) is 58.7 Å². The van der Waals surface area contributed by atoms with Crippen LogP contribution in [-0.2, 0) is 0 Å². The van der Waals surface area contributed by atoms with E-state index in [1.54, 1.807) is 18.2 Å². The fourth-order valence-corrected chi connectivity index (χ4v) is 4.71. The molecule has 1 aromatic carbocycles. The van der Waals surface area contributed by atoms with Crippen LogP contribution in [0.1, 0.15) is 45.1 Å². The minimum Gasteiger partial charge on any atom is -0.347 e. The molecule has 0 N–H and O–H groups in total. The molecule has 0 radical (unpaired) electrons. The van der Waals surface area contributed by atoms with Gasteiger partial charge in [0.1, 0.15) is 0 Å². The van der Waals surface area contributed by atoms with Crippen LogP contribution in [0.4, 0.5) is 11.4 Å². The van der Waals surface area contributed by atoms with Gasteiger partial charge in [-0.2, -0.15) is 0 Å². The second-order valence-corrected chi connectivity index (χ2v) is 8.65. The van der Waals surface area contributed by atoms with Crippen molar-refractivity contribution in [3.8, 4) is 0 Å². The van der Waals surface area contributed by atoms with E-state index in [1.165, 1.54) is 25.7 Å². The molecule has 0 amide bonds. The molecule has 1 atom stereocenters. The number of nitro groups is 1. The van der Waals surface area contributed by atoms with E-state index in [-0.39, 0.29) is 10.6 Å². The Hall–Kier alpha value is -1.56. The zero-order valence-electron chi connectivity index (χ0n) is 15.3. The number of non-ortho nitro benzene ring substituents is 1. The molecular weight excluding hydrogens is 334 g/mol. The molecule has 0 unspecified atom stereocenters. The maximum absolute atomic E-state index is 10.9. The van der Waals surface area contributed by atoms with Crippen LogP contribution < -0.4 is 0 Å². The Morgan fingerprint density at radius 1 is 1.40 bits per heavy atom. The summed E-state index contributed by atoms with van der Waals surface area (Å²) < 4.78 is 0. The van der Waals surface area contributed by atoms with Gasteiger partial charge in [0, 0.05) is 30.5 Å². The summed E-state index contributed by atoms with van der Waals surface area (Å²) in [6.45, 7) is 7.56. The number of nitrogens with zero attached hydrogens (tertiary/aromatic N) is 3. The molecule has 3 rings (SSSR count). The van der Waals surface area contributed by atoms with Gasteiger partial charge in [0.25, 0.3) is 5.69 Å². The zero-order valence-corrected chi connectivity index (χ0v) is 16.1. The minimum atomic E-state index is -0.351. The fourth-order valence-electron chi connectivity index (χ4n) is 3.50. The van der Waals surface area contributed by atoms with Gasteiger partial charge in [0.15, 0.2) is 5.17 Å². The number of thioether (sulfide) groups is 1. The van der Waals surface area contributed by atoms with Crippen LogP contribution in [0.5, 0.6) is 0 Å². The quantitative estimate of drug-likeness (QED) is 0.519. The van der Waals surface area contributed by atoms with E-state index < -0.39 is 0 Å². The first-order valence-corrected chi connectivity index (χ1v) is 10.2. The first-order chi connectivity index (χ1) is 11.9. The van der Waals surface area contributed by atoms with Gasteiger partial charge in [-0.1, -0.05) is 32.0 Å². The van der Waals surface area contributed by atoms with Crippen LogP contribution in [0.25, 0.3) is 0 Å². The highest BCUT2D eigenvalue weighted by molar-refractivity contribution is 8.14. The lowest BCUT2D eigenvalue weighted by Gasteiger charge is -2.35. The van der Waals surface area contributed by atoms with Crippen molar-refractivity contribution in [1.29, 1.82) is 0 Å². The standard InChI is InChI=1S/C19H27N3O2S/c1-13(2)9-17-12-25-19(21(17)11-15-5-4-6-15)20-18-8-7-16(22(23)24)10-14(18)3/h7-8,10,13,15,17H,4-6,9,11-12H2,1-3H3/t17-/m0/s1. The Morgan fingerprint density at radius 2 is 2.16 bits per heavy atom. The zero-order chi connectivity index (χ0) is 18.0. The maximum Gasteiger partial charge on any atom is 0.269 e. The smallest absolute Gasteiger partial charge is 0.269 e. The van der Waals surface area contributed by atoms with E-state index in [0.29, 0.717) is 12.0 Å². The summed E-state index contributed by atoms with van der Waals surface area (Å²) in [5.74, 6) is 2.57. The number of aliphatic imine (C=N–C) groups is 1. The summed E-state index contributed by atoms with van der Waals surface area (Å²) >= 11 is 1.83. The lowest BCUT2D eigenvalue weighted by molar-refractivity contribution is -0.384. The Kier molecular flexibility index (Phi) is 5.67. The van der Waals surface area contributed by atoms with E-state index in [9.17, 15) is 10.1 Å². The molecule has 1 saturated carbocycles. The van der Waals surface area contributed by atoms with E-state index in [1.807, 2.05) is 18.7 Å². The third-order valence-corrected chi connectivity index (χ3v) is 6.26. The number of aryl methyl sites for hydroxylation is 1. The van der Waals surface area contributed by atoms with Crippen LogP contribution in [0.2, 0.25) is 0 Å². The largest absolute Gasteiger partial charge is 0.347 e. The number of rotatable bonds is 6. The van der Waals surface area contributed by atoms with Crippen molar-refractivity contribution in [2.24, 2.45) is 16.8 Å². The highest BCUT2D eigenvalue weighted by Gasteiger charge is 2.33. The Morgan fingerprint density at radius 3 is 2.72 bits per heavy atom. The summed E-state index contributed by atoms with van der Waals surface area (Å²) in [6, 6.07) is 5.50. The molecule has 1 heterocycles. The Labute approximate surface area is 154 Å². The van der Waals surface area contributed by atoms with Crippen LogP contribution in [0, 0.1) is 28.9 Å². The van der Waals surface area contributed by atoms with Gasteiger partial charge in [-0.3, -0.25) is 10.1 Å². The first-order valence-electron chi connectivity index (χ1n) is 9.17. The number of hydrogen-bond acceptors (Lipinski definition) is 4. The maximum atomic E-state index is 10.9. The van der Waals surface area contributed by atoms with Crippen molar-refractivity contribution < 1.29 is 4.92 Å². The van der Waals surface area contributed by atoms with E-state index in [2.05, 4.69) is 18.7 Å². The minimum absolute atomic E-state index is 0.129. The summed E-state index contributed by atoms with van der Waals surface area (Å²) in [7, 11) is 0. The average molecular weight is 362 g/mol. The third kappa shape index (κ3) is 4.35. The lowest BCUT2D eigenvalue weighted by atomic mass is 9.85. The van der Waals surface area contributed by atoms with Crippen molar-refractivity contribution in [3.63, 3.8) is 0 Å². The summed E-state index contributed by atoms with van der Waals surface area (Å²) in [4.78, 5) is 18.0. The van der Waals surface area contributed by atoms with Gasteiger partial charge in [-0.25, -0.2) is 4.99 Å². The van der Waals surface area contributed by atoms with Crippen molar-refractivity contribution in [2.45, 2.75) is 52.5 Å². The highest BCUT2D eigenvalue weighted by atomic mass is 32.2. The van der Waals surface area contributed by atoms with Gasteiger partial charge in [-0.15, -0.1) is 0 Å². The van der Waals surface area contributed by atoms with Gasteiger partial charge in [0.05, 0.1) is 10.6 Å². The summed E-state index contributed by atoms with van der Waals surface area (Å²) in [5.41, 5.74) is 1.83. The van der Waals surface area contributed by atoms with Crippen molar-refractivity contribution in [1.82, 2.24) is 4.90 Å². The van der Waals surface area contributed by atoms with Crippen molar-refractivity contribution in [2.75, 3.05) is 12.3 Å². The molecule has 1 saturated heterocycles. The predicted octanol–water partition coefficient (Wildman–Crippen LogP) is 5.15. The molecule has 6 heteroatoms. The molecule has 1 aliphatic carbocycles. The van der Waals surface area contributed by atoms with Crippen molar-refractivity contribution in [3.05, 3.63) is 33.9 Å². The van der Waals surface area contributed by atoms with Crippen LogP contribution in [-0.4, -0.2) is 33.3 Å². The van der Waals surface area contributed by atoms with Gasteiger partial charge in [0.2, 0.25) is 0 Å². The van der Waals surface area contributed by atoms with Crippen molar-refractivity contribution >= 4 is 28.3 Å². The highest BCUT2D eigenvalue weighted by Crippen LogP contribution is 2.36.